The lowest BCUT2D eigenvalue weighted by molar-refractivity contribution is -0.0187. The Labute approximate surface area is 143 Å². The summed E-state index contributed by atoms with van der Waals surface area (Å²) in [7, 11) is -1.70. The third-order valence-corrected chi connectivity index (χ3v) is 9.80. The predicted octanol–water partition coefficient (Wildman–Crippen LogP) is 3.74. The van der Waals surface area contributed by atoms with Gasteiger partial charge in [0, 0.05) is 19.6 Å². The van der Waals surface area contributed by atoms with Crippen molar-refractivity contribution < 1.29 is 14.0 Å². The van der Waals surface area contributed by atoms with Crippen molar-refractivity contribution in [1.82, 2.24) is 4.90 Å². The Hall–Kier alpha value is -0.593. The first-order valence-corrected chi connectivity index (χ1v) is 11.6. The van der Waals surface area contributed by atoms with Crippen LogP contribution in [0.25, 0.3) is 0 Å². The van der Waals surface area contributed by atoms with Crippen molar-refractivity contribution in [3.8, 4) is 0 Å². The topological polar surface area (TPSA) is 64.8 Å². The van der Waals surface area contributed by atoms with Crippen LogP contribution in [-0.4, -0.2) is 50.1 Å². The van der Waals surface area contributed by atoms with Crippen LogP contribution in [0.15, 0.2) is 0 Å². The molecule has 0 aromatic heterocycles. The third-order valence-electron chi connectivity index (χ3n) is 5.06. The van der Waals surface area contributed by atoms with E-state index in [1.165, 1.54) is 0 Å². The molecule has 1 saturated heterocycles. The van der Waals surface area contributed by atoms with Gasteiger partial charge in [0.05, 0.1) is 5.60 Å². The Balaban J connectivity index is 2.71. The number of nitrogens with two attached hydrogens (primary N) is 1. The first kappa shape index (κ1) is 20.5. The summed E-state index contributed by atoms with van der Waals surface area (Å²) in [5.41, 5.74) is 5.38. The van der Waals surface area contributed by atoms with Crippen molar-refractivity contribution in [2.24, 2.45) is 5.73 Å². The summed E-state index contributed by atoms with van der Waals surface area (Å²) in [5.74, 6) is 0. The van der Waals surface area contributed by atoms with Gasteiger partial charge in [0.1, 0.15) is 5.60 Å². The van der Waals surface area contributed by atoms with Gasteiger partial charge in [-0.3, -0.25) is 0 Å². The van der Waals surface area contributed by atoms with Crippen molar-refractivity contribution >= 4 is 14.4 Å². The Morgan fingerprint density at radius 3 is 1.96 bits per heavy atom. The molecular weight excluding hydrogens is 308 g/mol. The summed E-state index contributed by atoms with van der Waals surface area (Å²) in [6.07, 6.45) is 1.38. The number of carbonyl (C=O) groups is 1. The maximum absolute atomic E-state index is 12.2. The van der Waals surface area contributed by atoms with Crippen LogP contribution in [-0.2, 0) is 9.16 Å². The van der Waals surface area contributed by atoms with E-state index < -0.39 is 13.9 Å². The zero-order valence-electron chi connectivity index (χ0n) is 15.9. The fourth-order valence-electron chi connectivity index (χ4n) is 3.20. The van der Waals surface area contributed by atoms with E-state index >= 15 is 0 Å². The van der Waals surface area contributed by atoms with Crippen LogP contribution in [0.2, 0.25) is 18.1 Å². The maximum Gasteiger partial charge on any atom is 0.410 e. The van der Waals surface area contributed by atoms with Gasteiger partial charge in [-0.2, -0.15) is 0 Å². The van der Waals surface area contributed by atoms with Gasteiger partial charge in [-0.25, -0.2) is 4.79 Å². The number of nitrogens with zero attached hydrogens (tertiary/aromatic N) is 1. The molecule has 23 heavy (non-hydrogen) atoms. The Morgan fingerprint density at radius 1 is 1.13 bits per heavy atom. The summed E-state index contributed by atoms with van der Waals surface area (Å²) in [5, 5.41) is 0. The number of carbonyl (C=O) groups excluding carboxylic acids is 1. The van der Waals surface area contributed by atoms with Gasteiger partial charge in [0.25, 0.3) is 0 Å². The minimum atomic E-state index is -1.70. The molecule has 1 amide bonds. The molecule has 0 saturated carbocycles. The van der Waals surface area contributed by atoms with E-state index in [0.717, 1.165) is 31.0 Å². The van der Waals surface area contributed by atoms with Crippen molar-refractivity contribution in [3.05, 3.63) is 0 Å². The molecule has 1 aliphatic heterocycles. The number of amides is 1. The van der Waals surface area contributed by atoms with Crippen LogP contribution < -0.4 is 5.73 Å². The molecule has 0 spiro atoms. The second-order valence-corrected chi connectivity index (χ2v) is 12.4. The zero-order chi connectivity index (χ0) is 17.7. The average molecular weight is 345 g/mol. The van der Waals surface area contributed by atoms with E-state index in [2.05, 4.69) is 20.8 Å². The standard InChI is InChI=1S/C17H36N2O3Si/c1-7-23(8-2,9-3)22-17(14-18)10-12-19(13-11-17)15(20)21-16(4,5)6/h7-14,18H2,1-6H3. The fraction of sp³-hybridized carbons (Fsp3) is 0.941. The Morgan fingerprint density at radius 2 is 1.61 bits per heavy atom. The predicted molar refractivity (Wildman–Crippen MR) is 97.1 cm³/mol. The molecular formula is C17H36N2O3Si. The van der Waals surface area contributed by atoms with Gasteiger partial charge in [-0.15, -0.1) is 0 Å². The maximum atomic E-state index is 12.2. The summed E-state index contributed by atoms with van der Waals surface area (Å²) in [6, 6.07) is 3.37. The SMILES string of the molecule is CC[Si](CC)(CC)OC1(CN)CCN(C(=O)OC(C)(C)C)CC1. The minimum Gasteiger partial charge on any atom is -0.444 e. The molecule has 0 unspecified atom stereocenters. The second kappa shape index (κ2) is 7.99. The van der Waals surface area contributed by atoms with E-state index in [9.17, 15) is 4.79 Å². The Kier molecular flexibility index (Phi) is 7.10. The molecule has 0 aromatic rings. The molecule has 0 bridgehead atoms. The van der Waals surface area contributed by atoms with Gasteiger partial charge in [-0.05, 0) is 51.7 Å². The van der Waals surface area contributed by atoms with Crippen molar-refractivity contribution in [2.75, 3.05) is 19.6 Å². The monoisotopic (exact) mass is 344 g/mol. The van der Waals surface area contributed by atoms with Crippen LogP contribution in [0.5, 0.6) is 0 Å². The highest BCUT2D eigenvalue weighted by atomic mass is 28.4. The highest BCUT2D eigenvalue weighted by Gasteiger charge is 2.43. The number of ether oxygens (including phenoxy) is 1. The highest BCUT2D eigenvalue weighted by molar-refractivity contribution is 6.73. The molecule has 0 aromatic carbocycles. The summed E-state index contributed by atoms with van der Waals surface area (Å²) >= 11 is 0. The van der Waals surface area contributed by atoms with E-state index in [4.69, 9.17) is 14.9 Å². The largest absolute Gasteiger partial charge is 0.444 e. The van der Waals surface area contributed by atoms with Gasteiger partial charge < -0.3 is 19.8 Å². The molecule has 0 aliphatic carbocycles. The molecule has 0 atom stereocenters. The van der Waals surface area contributed by atoms with E-state index in [1.54, 1.807) is 4.90 Å². The lowest BCUT2D eigenvalue weighted by atomic mass is 9.92. The molecule has 1 heterocycles. The third kappa shape index (κ3) is 5.47. The van der Waals surface area contributed by atoms with Crippen LogP contribution >= 0.6 is 0 Å². The average Bonchev–Trinajstić information content (AvgIpc) is 2.52. The number of hydrogen-bond acceptors (Lipinski definition) is 4. The van der Waals surface area contributed by atoms with Crippen molar-refractivity contribution in [1.29, 1.82) is 0 Å². The number of likely N-dealkylation sites (tertiary alicyclic amines) is 1. The van der Waals surface area contributed by atoms with Gasteiger partial charge in [-0.1, -0.05) is 20.8 Å². The lowest BCUT2D eigenvalue weighted by Crippen LogP contribution is -2.57. The summed E-state index contributed by atoms with van der Waals surface area (Å²) < 4.78 is 12.2. The van der Waals surface area contributed by atoms with Crippen LogP contribution in [0.4, 0.5) is 4.79 Å². The van der Waals surface area contributed by atoms with Gasteiger partial charge in [0.15, 0.2) is 8.32 Å². The Bertz CT molecular complexity index is 376. The number of piperidine rings is 1. The van der Waals surface area contributed by atoms with Crippen molar-refractivity contribution in [2.45, 2.75) is 83.7 Å². The molecule has 0 radical (unpaired) electrons. The highest BCUT2D eigenvalue weighted by Crippen LogP contribution is 2.34. The lowest BCUT2D eigenvalue weighted by Gasteiger charge is -2.46. The van der Waals surface area contributed by atoms with E-state index in [1.807, 2.05) is 20.8 Å². The minimum absolute atomic E-state index is 0.229. The quantitative estimate of drug-likeness (QED) is 0.746. The molecule has 1 aliphatic rings. The molecule has 1 rings (SSSR count). The van der Waals surface area contributed by atoms with E-state index in [-0.39, 0.29) is 11.7 Å². The first-order valence-electron chi connectivity index (χ1n) is 9.03. The zero-order valence-corrected chi connectivity index (χ0v) is 16.9. The number of rotatable bonds is 6. The normalized spacial score (nSPS) is 18.8. The summed E-state index contributed by atoms with van der Waals surface area (Å²) in [4.78, 5) is 14.0. The fourth-order valence-corrected chi connectivity index (χ4v) is 6.34. The van der Waals surface area contributed by atoms with Crippen LogP contribution in [0, 0.1) is 0 Å². The number of hydrogen-bond donors (Lipinski definition) is 1. The first-order chi connectivity index (χ1) is 10.6. The summed E-state index contributed by atoms with van der Waals surface area (Å²) in [6.45, 7) is 14.2. The molecule has 2 N–H and O–H groups in total. The van der Waals surface area contributed by atoms with Crippen LogP contribution in [0.1, 0.15) is 54.4 Å². The van der Waals surface area contributed by atoms with E-state index in [0.29, 0.717) is 19.6 Å². The van der Waals surface area contributed by atoms with Crippen LogP contribution in [0.3, 0.4) is 0 Å². The van der Waals surface area contributed by atoms with Gasteiger partial charge in [0.2, 0.25) is 0 Å². The van der Waals surface area contributed by atoms with Crippen molar-refractivity contribution in [3.63, 3.8) is 0 Å². The second-order valence-electron chi connectivity index (χ2n) is 7.70. The smallest absolute Gasteiger partial charge is 0.410 e. The molecule has 5 nitrogen and oxygen atoms in total. The molecule has 6 heteroatoms. The van der Waals surface area contributed by atoms with Gasteiger partial charge >= 0.3 is 6.09 Å². The molecule has 136 valence electrons. The molecule has 1 fully saturated rings.